The molecule has 6 heteroatoms. The molecule has 0 saturated carbocycles. The molecule has 5 nitrogen and oxygen atoms in total. The summed E-state index contributed by atoms with van der Waals surface area (Å²) in [5, 5.41) is 11.5. The number of amides is 1. The number of carboxylic acids is 1. The van der Waals surface area contributed by atoms with Crippen molar-refractivity contribution in [1.29, 1.82) is 0 Å². The molecule has 0 aliphatic carbocycles. The summed E-state index contributed by atoms with van der Waals surface area (Å²) in [5.74, 6) is -1.71. The summed E-state index contributed by atoms with van der Waals surface area (Å²) < 4.78 is 18.1. The van der Waals surface area contributed by atoms with E-state index in [9.17, 15) is 19.1 Å². The maximum atomic E-state index is 13.0. The lowest BCUT2D eigenvalue weighted by Gasteiger charge is -2.22. The predicted molar refractivity (Wildman–Crippen MR) is 70.9 cm³/mol. The normalized spacial score (nSPS) is 12.7. The average Bonchev–Trinajstić information content (AvgIpc) is 2.23. The molecule has 0 fully saturated rings. The van der Waals surface area contributed by atoms with Gasteiger partial charge >= 0.3 is 12.1 Å². The maximum Gasteiger partial charge on any atom is 0.408 e. The number of carbonyl (C=O) groups excluding carboxylic acids is 1. The number of rotatable bonds is 3. The van der Waals surface area contributed by atoms with Gasteiger partial charge in [0.15, 0.2) is 6.04 Å². The van der Waals surface area contributed by atoms with Gasteiger partial charge in [-0.25, -0.2) is 14.0 Å². The lowest BCUT2D eigenvalue weighted by Crippen LogP contribution is -2.38. The van der Waals surface area contributed by atoms with E-state index in [1.54, 1.807) is 27.7 Å². The Morgan fingerprint density at radius 2 is 1.95 bits per heavy atom. The molecule has 0 aliphatic heterocycles. The number of benzene rings is 1. The number of alkyl carbamates (subject to hydrolysis) is 1. The number of ether oxygens (including phenoxy) is 1. The van der Waals surface area contributed by atoms with E-state index >= 15 is 0 Å². The van der Waals surface area contributed by atoms with Crippen LogP contribution in [0.25, 0.3) is 0 Å². The monoisotopic (exact) mass is 283 g/mol. The lowest BCUT2D eigenvalue weighted by atomic mass is 10.0. The van der Waals surface area contributed by atoms with Crippen LogP contribution in [0.5, 0.6) is 0 Å². The molecule has 20 heavy (non-hydrogen) atoms. The highest BCUT2D eigenvalue weighted by Gasteiger charge is 2.26. The van der Waals surface area contributed by atoms with Gasteiger partial charge in [-0.2, -0.15) is 0 Å². The third-order valence-electron chi connectivity index (χ3n) is 2.45. The summed E-state index contributed by atoms with van der Waals surface area (Å²) in [6.45, 7) is 6.59. The Hall–Kier alpha value is -2.11. The molecule has 0 spiro atoms. The first-order valence-corrected chi connectivity index (χ1v) is 6.08. The smallest absolute Gasteiger partial charge is 0.408 e. The van der Waals surface area contributed by atoms with Crippen LogP contribution in [0.3, 0.4) is 0 Å². The number of aliphatic carboxylic acids is 1. The number of halogens is 1. The molecule has 0 aromatic heterocycles. The molecule has 110 valence electrons. The van der Waals surface area contributed by atoms with E-state index in [4.69, 9.17) is 4.74 Å². The fraction of sp³-hybridized carbons (Fsp3) is 0.429. The van der Waals surface area contributed by atoms with Crippen molar-refractivity contribution >= 4 is 12.1 Å². The standard InChI is InChI=1S/C14H18FNO4/c1-8-7-9(15)5-6-10(8)11(12(17)18)16-13(19)20-14(2,3)4/h5-7,11H,1-4H3,(H,16,19)(H,17,18). The van der Waals surface area contributed by atoms with Gasteiger partial charge in [0.05, 0.1) is 0 Å². The van der Waals surface area contributed by atoms with Crippen LogP contribution in [0.4, 0.5) is 9.18 Å². The van der Waals surface area contributed by atoms with Crippen LogP contribution in [0.1, 0.15) is 37.9 Å². The minimum Gasteiger partial charge on any atom is -0.479 e. The minimum atomic E-state index is -1.29. The van der Waals surface area contributed by atoms with Gasteiger partial charge in [-0.1, -0.05) is 6.07 Å². The van der Waals surface area contributed by atoms with Crippen LogP contribution in [0, 0.1) is 12.7 Å². The van der Waals surface area contributed by atoms with Gasteiger partial charge in [-0.05, 0) is 51.0 Å². The zero-order valence-corrected chi connectivity index (χ0v) is 11.9. The van der Waals surface area contributed by atoms with Crippen molar-refractivity contribution in [2.75, 3.05) is 0 Å². The molecule has 0 heterocycles. The zero-order chi connectivity index (χ0) is 15.5. The van der Waals surface area contributed by atoms with Crippen LogP contribution in [0.15, 0.2) is 18.2 Å². The van der Waals surface area contributed by atoms with Crippen LogP contribution < -0.4 is 5.32 Å². The molecule has 1 amide bonds. The van der Waals surface area contributed by atoms with Crippen molar-refractivity contribution in [3.63, 3.8) is 0 Å². The predicted octanol–water partition coefficient (Wildman–Crippen LogP) is 2.78. The Labute approximate surface area is 116 Å². The van der Waals surface area contributed by atoms with Crippen LogP contribution in [-0.2, 0) is 9.53 Å². The highest BCUT2D eigenvalue weighted by molar-refractivity contribution is 5.81. The van der Waals surface area contributed by atoms with E-state index in [1.165, 1.54) is 12.1 Å². The molecule has 0 saturated heterocycles. The van der Waals surface area contributed by atoms with E-state index in [1.807, 2.05) is 0 Å². The molecule has 1 unspecified atom stereocenters. The second-order valence-corrected chi connectivity index (χ2v) is 5.42. The van der Waals surface area contributed by atoms with Crippen LogP contribution in [0.2, 0.25) is 0 Å². The lowest BCUT2D eigenvalue weighted by molar-refractivity contribution is -0.139. The van der Waals surface area contributed by atoms with E-state index in [2.05, 4.69) is 5.32 Å². The van der Waals surface area contributed by atoms with Gasteiger partial charge in [0.1, 0.15) is 11.4 Å². The number of aryl methyl sites for hydroxylation is 1. The van der Waals surface area contributed by atoms with Gasteiger partial charge in [-0.3, -0.25) is 0 Å². The summed E-state index contributed by atoms with van der Waals surface area (Å²) >= 11 is 0. The molecule has 0 radical (unpaired) electrons. The Bertz CT molecular complexity index is 522. The highest BCUT2D eigenvalue weighted by Crippen LogP contribution is 2.20. The molecular weight excluding hydrogens is 265 g/mol. The summed E-state index contributed by atoms with van der Waals surface area (Å²) in [5.41, 5.74) is 0.0172. The zero-order valence-electron chi connectivity index (χ0n) is 11.9. The number of hydrogen-bond acceptors (Lipinski definition) is 3. The highest BCUT2D eigenvalue weighted by atomic mass is 19.1. The first kappa shape index (κ1) is 15.9. The number of hydrogen-bond donors (Lipinski definition) is 2. The molecule has 1 rings (SSSR count). The number of nitrogens with one attached hydrogen (secondary N) is 1. The fourth-order valence-corrected chi connectivity index (χ4v) is 1.66. The second kappa shape index (κ2) is 5.90. The summed E-state index contributed by atoms with van der Waals surface area (Å²) in [7, 11) is 0. The van der Waals surface area contributed by atoms with E-state index in [0.717, 1.165) is 6.07 Å². The second-order valence-electron chi connectivity index (χ2n) is 5.42. The Morgan fingerprint density at radius 3 is 2.40 bits per heavy atom. The van der Waals surface area contributed by atoms with E-state index < -0.39 is 29.5 Å². The van der Waals surface area contributed by atoms with Gasteiger partial charge in [-0.15, -0.1) is 0 Å². The van der Waals surface area contributed by atoms with Crippen molar-refractivity contribution in [1.82, 2.24) is 5.32 Å². The largest absolute Gasteiger partial charge is 0.479 e. The molecule has 1 aromatic carbocycles. The quantitative estimate of drug-likeness (QED) is 0.894. The molecule has 0 bridgehead atoms. The molecular formula is C14H18FNO4. The third-order valence-corrected chi connectivity index (χ3v) is 2.45. The van der Waals surface area contributed by atoms with Gasteiger partial charge in [0.25, 0.3) is 0 Å². The fourth-order valence-electron chi connectivity index (χ4n) is 1.66. The maximum absolute atomic E-state index is 13.0. The Morgan fingerprint density at radius 1 is 1.35 bits per heavy atom. The van der Waals surface area contributed by atoms with Gasteiger partial charge < -0.3 is 15.2 Å². The van der Waals surface area contributed by atoms with Crippen molar-refractivity contribution in [2.45, 2.75) is 39.3 Å². The third kappa shape index (κ3) is 4.53. The number of carbonyl (C=O) groups is 2. The number of carboxylic acid groups (broad SMARTS) is 1. The Balaban J connectivity index is 2.96. The first-order chi connectivity index (χ1) is 9.10. The summed E-state index contributed by atoms with van der Waals surface area (Å²) in [6.07, 6.45) is -0.839. The van der Waals surface area contributed by atoms with Crippen LogP contribution >= 0.6 is 0 Å². The molecule has 2 N–H and O–H groups in total. The van der Waals surface area contributed by atoms with Crippen molar-refractivity contribution in [3.05, 3.63) is 35.1 Å². The topological polar surface area (TPSA) is 75.6 Å². The molecule has 1 aromatic rings. The summed E-state index contributed by atoms with van der Waals surface area (Å²) in [6, 6.07) is 2.41. The Kier molecular flexibility index (Phi) is 4.70. The summed E-state index contributed by atoms with van der Waals surface area (Å²) in [4.78, 5) is 22.9. The SMILES string of the molecule is Cc1cc(F)ccc1C(NC(=O)OC(C)(C)C)C(=O)O. The van der Waals surface area contributed by atoms with Crippen molar-refractivity contribution in [3.8, 4) is 0 Å². The van der Waals surface area contributed by atoms with Gasteiger partial charge in [0, 0.05) is 0 Å². The average molecular weight is 283 g/mol. The van der Waals surface area contributed by atoms with E-state index in [-0.39, 0.29) is 0 Å². The van der Waals surface area contributed by atoms with Crippen molar-refractivity contribution in [2.24, 2.45) is 0 Å². The first-order valence-electron chi connectivity index (χ1n) is 6.08. The van der Waals surface area contributed by atoms with Crippen LogP contribution in [-0.4, -0.2) is 22.8 Å². The van der Waals surface area contributed by atoms with E-state index in [0.29, 0.717) is 11.1 Å². The molecule has 1 atom stereocenters. The van der Waals surface area contributed by atoms with Gasteiger partial charge in [0.2, 0.25) is 0 Å². The molecule has 0 aliphatic rings. The van der Waals surface area contributed by atoms with Crippen molar-refractivity contribution < 1.29 is 23.8 Å². The minimum absolute atomic E-state index is 0.310.